The highest BCUT2D eigenvalue weighted by atomic mass is 16.5. The number of rotatable bonds is 11. The van der Waals surface area contributed by atoms with Gasteiger partial charge in [0.1, 0.15) is 11.9 Å². The van der Waals surface area contributed by atoms with Crippen LogP contribution in [0.1, 0.15) is 51.0 Å². The highest BCUT2D eigenvalue weighted by Gasteiger charge is 2.10. The minimum Gasteiger partial charge on any atom is -0.485 e. The van der Waals surface area contributed by atoms with Gasteiger partial charge in [-0.05, 0) is 24.5 Å². The van der Waals surface area contributed by atoms with Crippen LogP contribution in [0.3, 0.4) is 0 Å². The Morgan fingerprint density at radius 3 is 2.30 bits per heavy atom. The molecule has 20 heavy (non-hydrogen) atoms. The van der Waals surface area contributed by atoms with E-state index in [-0.39, 0.29) is 13.2 Å². The maximum absolute atomic E-state index is 9.09. The second-order valence-corrected chi connectivity index (χ2v) is 5.23. The summed E-state index contributed by atoms with van der Waals surface area (Å²) >= 11 is 0. The molecule has 0 aliphatic heterocycles. The van der Waals surface area contributed by atoms with Gasteiger partial charge in [0.15, 0.2) is 0 Å². The summed E-state index contributed by atoms with van der Waals surface area (Å²) in [5.74, 6) is 0.786. The minimum absolute atomic E-state index is 0.165. The van der Waals surface area contributed by atoms with Gasteiger partial charge >= 0.3 is 0 Å². The van der Waals surface area contributed by atoms with Gasteiger partial charge in [0, 0.05) is 0 Å². The van der Waals surface area contributed by atoms with Gasteiger partial charge in [-0.3, -0.25) is 0 Å². The summed E-state index contributed by atoms with van der Waals surface area (Å²) in [6.45, 7) is 1.90. The van der Waals surface area contributed by atoms with Gasteiger partial charge in [0.2, 0.25) is 0 Å². The standard InChI is InChI=1S/C17H28O3/c1-2-3-4-5-6-7-10-15-11-8-9-12-17(15)20-16(13-18)14-19/h8-9,11-12,16,18-19H,2-7,10,13-14H2,1H3. The molecule has 0 aromatic heterocycles. The smallest absolute Gasteiger partial charge is 0.145 e. The quantitative estimate of drug-likeness (QED) is 0.611. The van der Waals surface area contributed by atoms with Crippen LogP contribution in [0, 0.1) is 0 Å². The van der Waals surface area contributed by atoms with Crippen LogP contribution in [-0.2, 0) is 6.42 Å². The number of benzene rings is 1. The van der Waals surface area contributed by atoms with Crippen LogP contribution < -0.4 is 4.74 Å². The Bertz CT molecular complexity index is 348. The molecule has 0 heterocycles. The molecule has 0 saturated carbocycles. The fourth-order valence-corrected chi connectivity index (χ4v) is 2.23. The summed E-state index contributed by atoms with van der Waals surface area (Å²) in [6.07, 6.45) is 8.10. The van der Waals surface area contributed by atoms with Crippen molar-refractivity contribution >= 4 is 0 Å². The molecule has 2 N–H and O–H groups in total. The predicted octanol–water partition coefficient (Wildman–Crippen LogP) is 3.32. The second-order valence-electron chi connectivity index (χ2n) is 5.23. The van der Waals surface area contributed by atoms with Crippen molar-refractivity contribution < 1.29 is 14.9 Å². The largest absolute Gasteiger partial charge is 0.485 e. The van der Waals surface area contributed by atoms with Crippen molar-refractivity contribution in [2.45, 2.75) is 58.0 Å². The van der Waals surface area contributed by atoms with E-state index in [0.717, 1.165) is 24.2 Å². The maximum Gasteiger partial charge on any atom is 0.145 e. The van der Waals surface area contributed by atoms with E-state index in [0.29, 0.717) is 0 Å². The molecule has 0 aliphatic rings. The zero-order chi connectivity index (χ0) is 14.6. The van der Waals surface area contributed by atoms with E-state index in [1.54, 1.807) is 0 Å². The van der Waals surface area contributed by atoms with Crippen molar-refractivity contribution in [3.8, 4) is 5.75 Å². The maximum atomic E-state index is 9.09. The van der Waals surface area contributed by atoms with Gasteiger partial charge in [-0.2, -0.15) is 0 Å². The van der Waals surface area contributed by atoms with Gasteiger partial charge in [-0.25, -0.2) is 0 Å². The normalized spacial score (nSPS) is 11.0. The zero-order valence-corrected chi connectivity index (χ0v) is 12.6. The first kappa shape index (κ1) is 17.0. The van der Waals surface area contributed by atoms with Crippen LogP contribution in [0.25, 0.3) is 0 Å². The molecule has 0 amide bonds. The van der Waals surface area contributed by atoms with E-state index in [2.05, 4.69) is 13.0 Å². The molecule has 1 aromatic rings. The monoisotopic (exact) mass is 280 g/mol. The fourth-order valence-electron chi connectivity index (χ4n) is 2.23. The molecule has 0 saturated heterocycles. The van der Waals surface area contributed by atoms with Crippen molar-refractivity contribution in [1.82, 2.24) is 0 Å². The van der Waals surface area contributed by atoms with E-state index in [4.69, 9.17) is 14.9 Å². The molecule has 3 heteroatoms. The van der Waals surface area contributed by atoms with Crippen molar-refractivity contribution in [3.05, 3.63) is 29.8 Å². The first-order chi connectivity index (χ1) is 9.81. The zero-order valence-electron chi connectivity index (χ0n) is 12.6. The molecule has 0 bridgehead atoms. The van der Waals surface area contributed by atoms with Crippen LogP contribution in [0.5, 0.6) is 5.75 Å². The fraction of sp³-hybridized carbons (Fsp3) is 0.647. The van der Waals surface area contributed by atoms with Crippen molar-refractivity contribution in [1.29, 1.82) is 0 Å². The lowest BCUT2D eigenvalue weighted by Gasteiger charge is -2.17. The third kappa shape index (κ3) is 6.40. The number of aryl methyl sites for hydroxylation is 1. The van der Waals surface area contributed by atoms with E-state index in [9.17, 15) is 0 Å². The molecule has 1 rings (SSSR count). The average molecular weight is 280 g/mol. The molecular weight excluding hydrogens is 252 g/mol. The first-order valence-corrected chi connectivity index (χ1v) is 7.78. The molecule has 0 fully saturated rings. The number of ether oxygens (including phenoxy) is 1. The van der Waals surface area contributed by atoms with E-state index < -0.39 is 6.10 Å². The SMILES string of the molecule is CCCCCCCCc1ccccc1OC(CO)CO. The number of hydrogen-bond acceptors (Lipinski definition) is 3. The number of aliphatic hydroxyl groups excluding tert-OH is 2. The topological polar surface area (TPSA) is 49.7 Å². The molecule has 0 spiro atoms. The van der Waals surface area contributed by atoms with Gasteiger partial charge in [-0.1, -0.05) is 57.2 Å². The van der Waals surface area contributed by atoms with Crippen LogP contribution in [0.15, 0.2) is 24.3 Å². The minimum atomic E-state index is -0.527. The van der Waals surface area contributed by atoms with E-state index >= 15 is 0 Å². The Kier molecular flexibility index (Phi) is 9.09. The Labute approximate surface area is 122 Å². The Hall–Kier alpha value is -1.06. The lowest BCUT2D eigenvalue weighted by Crippen LogP contribution is -2.25. The predicted molar refractivity (Wildman–Crippen MR) is 82.1 cm³/mol. The summed E-state index contributed by atoms with van der Waals surface area (Å²) < 4.78 is 5.64. The lowest BCUT2D eigenvalue weighted by atomic mass is 10.0. The number of para-hydroxylation sites is 1. The molecule has 0 aliphatic carbocycles. The molecule has 114 valence electrons. The molecule has 0 unspecified atom stereocenters. The summed E-state index contributed by atoms with van der Waals surface area (Å²) in [5, 5.41) is 18.2. The van der Waals surface area contributed by atoms with Crippen molar-refractivity contribution in [2.75, 3.05) is 13.2 Å². The third-order valence-electron chi connectivity index (χ3n) is 3.47. The van der Waals surface area contributed by atoms with Crippen LogP contribution in [0.2, 0.25) is 0 Å². The van der Waals surface area contributed by atoms with Crippen LogP contribution in [0.4, 0.5) is 0 Å². The lowest BCUT2D eigenvalue weighted by molar-refractivity contribution is 0.0622. The highest BCUT2D eigenvalue weighted by Crippen LogP contribution is 2.22. The summed E-state index contributed by atoms with van der Waals surface area (Å²) in [6, 6.07) is 7.90. The number of unbranched alkanes of at least 4 members (excludes halogenated alkanes) is 5. The first-order valence-electron chi connectivity index (χ1n) is 7.78. The van der Waals surface area contributed by atoms with E-state index in [1.165, 1.54) is 32.1 Å². The van der Waals surface area contributed by atoms with Gasteiger partial charge in [-0.15, -0.1) is 0 Å². The molecule has 1 aromatic carbocycles. The molecule has 0 radical (unpaired) electrons. The average Bonchev–Trinajstić information content (AvgIpc) is 2.49. The second kappa shape index (κ2) is 10.7. The summed E-state index contributed by atoms with van der Waals surface area (Å²) in [4.78, 5) is 0. The summed E-state index contributed by atoms with van der Waals surface area (Å²) in [5.41, 5.74) is 1.16. The van der Waals surface area contributed by atoms with Gasteiger partial charge in [0.25, 0.3) is 0 Å². The number of aliphatic hydroxyl groups is 2. The Morgan fingerprint density at radius 1 is 0.950 bits per heavy atom. The summed E-state index contributed by atoms with van der Waals surface area (Å²) in [7, 11) is 0. The van der Waals surface area contributed by atoms with Gasteiger partial charge < -0.3 is 14.9 Å². The van der Waals surface area contributed by atoms with Crippen LogP contribution in [-0.4, -0.2) is 29.5 Å². The van der Waals surface area contributed by atoms with E-state index in [1.807, 2.05) is 18.2 Å². The highest BCUT2D eigenvalue weighted by molar-refractivity contribution is 5.33. The molecular formula is C17H28O3. The van der Waals surface area contributed by atoms with Gasteiger partial charge in [0.05, 0.1) is 13.2 Å². The van der Waals surface area contributed by atoms with Crippen LogP contribution >= 0.6 is 0 Å². The third-order valence-corrected chi connectivity index (χ3v) is 3.47. The molecule has 0 atom stereocenters. The Balaban J connectivity index is 2.40. The Morgan fingerprint density at radius 2 is 1.60 bits per heavy atom. The van der Waals surface area contributed by atoms with Crippen molar-refractivity contribution in [3.63, 3.8) is 0 Å². The molecule has 3 nitrogen and oxygen atoms in total. The van der Waals surface area contributed by atoms with Crippen molar-refractivity contribution in [2.24, 2.45) is 0 Å². The number of hydrogen-bond donors (Lipinski definition) is 2.